The minimum absolute atomic E-state index is 0.0610. The molecule has 1 aliphatic carbocycles. The first-order valence-electron chi connectivity index (χ1n) is 13.2. The third kappa shape index (κ3) is 4.48. The molecule has 2 aromatic rings. The number of anilines is 1. The summed E-state index contributed by atoms with van der Waals surface area (Å²) in [5.41, 5.74) is 9.43. The van der Waals surface area contributed by atoms with Crippen molar-refractivity contribution < 1.29 is 9.53 Å². The van der Waals surface area contributed by atoms with Crippen molar-refractivity contribution in [2.75, 3.05) is 31.9 Å². The van der Waals surface area contributed by atoms with Crippen molar-refractivity contribution in [2.45, 2.75) is 68.9 Å². The SMILES string of the molecule is Cc1c(N)cccc1C(=O)N1CCC(N2CCC3(CC2)C(c2ccc(OC(C)C)cc2)C3(Cl)Cl)CC1. The van der Waals surface area contributed by atoms with E-state index in [4.69, 9.17) is 33.7 Å². The molecule has 1 spiro atoms. The maximum absolute atomic E-state index is 13.1. The number of hydrogen-bond acceptors (Lipinski definition) is 4. The minimum Gasteiger partial charge on any atom is -0.491 e. The first kappa shape index (κ1) is 25.7. The molecule has 2 N–H and O–H groups in total. The largest absolute Gasteiger partial charge is 0.491 e. The number of hydrogen-bond donors (Lipinski definition) is 1. The molecule has 0 bridgehead atoms. The molecule has 2 aromatic carbocycles. The average Bonchev–Trinajstić information content (AvgIpc) is 3.33. The lowest BCUT2D eigenvalue weighted by molar-refractivity contribution is 0.0529. The van der Waals surface area contributed by atoms with Gasteiger partial charge in [0, 0.05) is 41.7 Å². The lowest BCUT2D eigenvalue weighted by Gasteiger charge is -2.42. The van der Waals surface area contributed by atoms with Crippen LogP contribution in [0.2, 0.25) is 0 Å². The van der Waals surface area contributed by atoms with Gasteiger partial charge in [0.1, 0.15) is 10.1 Å². The van der Waals surface area contributed by atoms with Crippen LogP contribution in [0.1, 0.15) is 66.9 Å². The van der Waals surface area contributed by atoms with Crippen LogP contribution in [0.15, 0.2) is 42.5 Å². The van der Waals surface area contributed by atoms with E-state index in [-0.39, 0.29) is 23.3 Å². The Balaban J connectivity index is 1.17. The maximum atomic E-state index is 13.1. The highest BCUT2D eigenvalue weighted by atomic mass is 35.5. The van der Waals surface area contributed by atoms with E-state index in [9.17, 15) is 4.79 Å². The molecule has 1 unspecified atom stereocenters. The third-order valence-electron chi connectivity index (χ3n) is 8.65. The molecule has 2 heterocycles. The van der Waals surface area contributed by atoms with Crippen molar-refractivity contribution in [3.05, 3.63) is 59.2 Å². The van der Waals surface area contributed by atoms with Gasteiger partial charge in [-0.1, -0.05) is 18.2 Å². The summed E-state index contributed by atoms with van der Waals surface area (Å²) < 4.78 is 5.08. The summed E-state index contributed by atoms with van der Waals surface area (Å²) in [6, 6.07) is 14.4. The van der Waals surface area contributed by atoms with Gasteiger partial charge in [-0.25, -0.2) is 0 Å². The highest BCUT2D eigenvalue weighted by Gasteiger charge is 2.75. The van der Waals surface area contributed by atoms with Crippen LogP contribution in [-0.4, -0.2) is 58.4 Å². The molecule has 5 rings (SSSR count). The topological polar surface area (TPSA) is 58.8 Å². The van der Waals surface area contributed by atoms with Crippen molar-refractivity contribution in [1.29, 1.82) is 0 Å². The van der Waals surface area contributed by atoms with Crippen LogP contribution < -0.4 is 10.5 Å². The lowest BCUT2D eigenvalue weighted by Crippen LogP contribution is -2.49. The Kier molecular flexibility index (Phi) is 6.95. The number of piperidine rings is 2. The molecule has 36 heavy (non-hydrogen) atoms. The summed E-state index contributed by atoms with van der Waals surface area (Å²) >= 11 is 13.9. The zero-order valence-corrected chi connectivity index (χ0v) is 23.0. The Morgan fingerprint density at radius 3 is 2.28 bits per heavy atom. The van der Waals surface area contributed by atoms with Crippen LogP contribution >= 0.6 is 23.2 Å². The van der Waals surface area contributed by atoms with Gasteiger partial charge in [0.15, 0.2) is 0 Å². The van der Waals surface area contributed by atoms with Crippen molar-refractivity contribution in [3.63, 3.8) is 0 Å². The van der Waals surface area contributed by atoms with Gasteiger partial charge in [0.05, 0.1) is 6.10 Å². The zero-order chi connectivity index (χ0) is 25.7. The standard InChI is InChI=1S/C29H37Cl2N3O2/c1-19(2)36-23-9-7-21(8-10-23)26-28(29(26,30)31)13-17-33(18-14-28)22-11-15-34(16-12-22)27(35)24-5-4-6-25(32)20(24)3/h4-10,19,22,26H,11-18,32H2,1-3H3. The summed E-state index contributed by atoms with van der Waals surface area (Å²) in [5, 5.41) is 0. The van der Waals surface area contributed by atoms with Gasteiger partial charge in [0.25, 0.3) is 5.91 Å². The van der Waals surface area contributed by atoms with Crippen LogP contribution in [-0.2, 0) is 0 Å². The van der Waals surface area contributed by atoms with Crippen LogP contribution in [0, 0.1) is 12.3 Å². The van der Waals surface area contributed by atoms with Gasteiger partial charge in [-0.05, 0) is 94.9 Å². The number of nitrogens with zero attached hydrogens (tertiary/aromatic N) is 2. The molecule has 2 aliphatic heterocycles. The molecule has 3 aliphatic rings. The number of likely N-dealkylation sites (tertiary alicyclic amines) is 2. The van der Waals surface area contributed by atoms with Crippen molar-refractivity contribution in [2.24, 2.45) is 5.41 Å². The number of nitrogen functional groups attached to an aromatic ring is 1. The summed E-state index contributed by atoms with van der Waals surface area (Å²) in [6.07, 6.45) is 4.13. The molecule has 1 saturated carbocycles. The van der Waals surface area contributed by atoms with Crippen LogP contribution in [0.5, 0.6) is 5.75 Å². The Morgan fingerprint density at radius 1 is 1.03 bits per heavy atom. The normalized spacial score (nSPS) is 23.7. The predicted octanol–water partition coefficient (Wildman–Crippen LogP) is 6.02. The summed E-state index contributed by atoms with van der Waals surface area (Å²) in [6.45, 7) is 9.54. The number of rotatable bonds is 5. The Labute approximate surface area is 224 Å². The number of halogens is 2. The van der Waals surface area contributed by atoms with Gasteiger partial charge in [-0.3, -0.25) is 4.79 Å². The Hall–Kier alpha value is -1.95. The summed E-state index contributed by atoms with van der Waals surface area (Å²) in [5.74, 6) is 1.13. The Morgan fingerprint density at radius 2 is 1.67 bits per heavy atom. The van der Waals surface area contributed by atoms with E-state index in [0.717, 1.165) is 68.7 Å². The molecule has 1 amide bonds. The smallest absolute Gasteiger partial charge is 0.254 e. The monoisotopic (exact) mass is 529 g/mol. The number of ether oxygens (including phenoxy) is 1. The van der Waals surface area contributed by atoms with Crippen molar-refractivity contribution in [3.8, 4) is 5.75 Å². The van der Waals surface area contributed by atoms with Gasteiger partial charge in [-0.15, -0.1) is 23.2 Å². The second-order valence-corrected chi connectivity index (χ2v) is 12.4. The quantitative estimate of drug-likeness (QED) is 0.379. The first-order valence-corrected chi connectivity index (χ1v) is 13.9. The van der Waals surface area contributed by atoms with Crippen LogP contribution in [0.3, 0.4) is 0 Å². The number of carbonyl (C=O) groups excluding carboxylic acids is 1. The molecular weight excluding hydrogens is 493 g/mol. The fourth-order valence-corrected chi connectivity index (χ4v) is 7.61. The molecule has 0 aromatic heterocycles. The number of amides is 1. The number of carbonyl (C=O) groups is 1. The highest BCUT2D eigenvalue weighted by Crippen LogP contribution is 2.78. The van der Waals surface area contributed by atoms with Crippen molar-refractivity contribution in [1.82, 2.24) is 9.80 Å². The fourth-order valence-electron chi connectivity index (χ4n) is 6.45. The van der Waals surface area contributed by atoms with Gasteiger partial charge >= 0.3 is 0 Å². The van der Waals surface area contributed by atoms with E-state index in [0.29, 0.717) is 11.7 Å². The molecule has 1 atom stereocenters. The second-order valence-electron chi connectivity index (χ2n) is 11.0. The van der Waals surface area contributed by atoms with Crippen LogP contribution in [0.4, 0.5) is 5.69 Å². The molecule has 0 radical (unpaired) electrons. The van der Waals surface area contributed by atoms with E-state index in [1.807, 2.05) is 56.0 Å². The van der Waals surface area contributed by atoms with E-state index in [1.54, 1.807) is 0 Å². The lowest BCUT2D eigenvalue weighted by atomic mass is 9.87. The van der Waals surface area contributed by atoms with Crippen LogP contribution in [0.25, 0.3) is 0 Å². The summed E-state index contributed by atoms with van der Waals surface area (Å²) in [4.78, 5) is 17.7. The maximum Gasteiger partial charge on any atom is 0.254 e. The van der Waals surface area contributed by atoms with E-state index >= 15 is 0 Å². The zero-order valence-electron chi connectivity index (χ0n) is 21.5. The third-order valence-corrected chi connectivity index (χ3v) is 9.83. The molecule has 5 nitrogen and oxygen atoms in total. The minimum atomic E-state index is -0.718. The molecular formula is C29H37Cl2N3O2. The van der Waals surface area contributed by atoms with E-state index < -0.39 is 4.33 Å². The molecule has 2 saturated heterocycles. The fraction of sp³-hybridized carbons (Fsp3) is 0.552. The first-order chi connectivity index (χ1) is 17.1. The average molecular weight is 531 g/mol. The Bertz CT molecular complexity index is 1100. The highest BCUT2D eigenvalue weighted by molar-refractivity contribution is 6.52. The molecule has 194 valence electrons. The predicted molar refractivity (Wildman–Crippen MR) is 147 cm³/mol. The second kappa shape index (κ2) is 9.74. The van der Waals surface area contributed by atoms with Gasteiger partial charge in [-0.2, -0.15) is 0 Å². The number of alkyl halides is 2. The molecule has 3 fully saturated rings. The number of benzene rings is 2. The van der Waals surface area contributed by atoms with Gasteiger partial charge in [0.2, 0.25) is 0 Å². The van der Waals surface area contributed by atoms with Crippen molar-refractivity contribution >= 4 is 34.8 Å². The van der Waals surface area contributed by atoms with Gasteiger partial charge < -0.3 is 20.3 Å². The molecule has 7 heteroatoms. The number of nitrogens with two attached hydrogens (primary N) is 1. The van der Waals surface area contributed by atoms with E-state index in [2.05, 4.69) is 17.0 Å². The van der Waals surface area contributed by atoms with E-state index in [1.165, 1.54) is 5.56 Å². The summed E-state index contributed by atoms with van der Waals surface area (Å²) in [7, 11) is 0.